The van der Waals surface area contributed by atoms with Crippen molar-refractivity contribution in [2.24, 2.45) is 0 Å². The van der Waals surface area contributed by atoms with Crippen molar-refractivity contribution in [1.29, 1.82) is 0 Å². The lowest BCUT2D eigenvalue weighted by atomic mass is 10.1. The summed E-state index contributed by atoms with van der Waals surface area (Å²) in [5.74, 6) is 0.0800. The number of likely N-dealkylation sites (tertiary alicyclic amines) is 1. The first-order valence-corrected chi connectivity index (χ1v) is 7.50. The van der Waals surface area contributed by atoms with E-state index in [-0.39, 0.29) is 5.91 Å². The van der Waals surface area contributed by atoms with Crippen LogP contribution in [0.4, 0.5) is 5.69 Å². The fourth-order valence-corrected chi connectivity index (χ4v) is 2.76. The van der Waals surface area contributed by atoms with E-state index >= 15 is 0 Å². The lowest BCUT2D eigenvalue weighted by Gasteiger charge is -2.32. The van der Waals surface area contributed by atoms with Gasteiger partial charge in [0.05, 0.1) is 6.54 Å². The summed E-state index contributed by atoms with van der Waals surface area (Å²) < 4.78 is 0. The van der Waals surface area contributed by atoms with Crippen LogP contribution in [0.15, 0.2) is 24.3 Å². The van der Waals surface area contributed by atoms with Crippen LogP contribution in [0.2, 0.25) is 0 Å². The van der Waals surface area contributed by atoms with Gasteiger partial charge in [-0.15, -0.1) is 0 Å². The zero-order chi connectivity index (χ0) is 14.4. The van der Waals surface area contributed by atoms with Crippen LogP contribution in [0.3, 0.4) is 0 Å². The van der Waals surface area contributed by atoms with Gasteiger partial charge >= 0.3 is 0 Å². The summed E-state index contributed by atoms with van der Waals surface area (Å²) in [6.45, 7) is 7.60. The second-order valence-electron chi connectivity index (χ2n) is 5.50. The molecular formula is C16H25N3O. The molecule has 1 atom stereocenters. The summed E-state index contributed by atoms with van der Waals surface area (Å²) in [4.78, 5) is 14.4. The summed E-state index contributed by atoms with van der Waals surface area (Å²) >= 11 is 0. The molecule has 4 heteroatoms. The zero-order valence-electron chi connectivity index (χ0n) is 12.5. The summed E-state index contributed by atoms with van der Waals surface area (Å²) in [5.41, 5.74) is 2.02. The van der Waals surface area contributed by atoms with E-state index < -0.39 is 0 Å². The van der Waals surface area contributed by atoms with Gasteiger partial charge in [-0.1, -0.05) is 25.1 Å². The number of likely N-dealkylation sites (N-methyl/N-ethyl adjacent to an activating group) is 1. The fourth-order valence-electron chi connectivity index (χ4n) is 2.76. The van der Waals surface area contributed by atoms with Gasteiger partial charge in [-0.05, 0) is 44.5 Å². The largest absolute Gasteiger partial charge is 0.325 e. The average molecular weight is 275 g/mol. The first-order valence-electron chi connectivity index (χ1n) is 7.50. The Morgan fingerprint density at radius 3 is 2.95 bits per heavy atom. The van der Waals surface area contributed by atoms with E-state index in [1.807, 2.05) is 31.2 Å². The normalized spacial score (nSPS) is 19.8. The minimum absolute atomic E-state index is 0.0800. The zero-order valence-corrected chi connectivity index (χ0v) is 12.5. The molecular weight excluding hydrogens is 250 g/mol. The maximum atomic E-state index is 12.1. The number of aryl methyl sites for hydroxylation is 1. The fraction of sp³-hybridized carbons (Fsp3) is 0.562. The van der Waals surface area contributed by atoms with Crippen molar-refractivity contribution in [1.82, 2.24) is 10.2 Å². The maximum absolute atomic E-state index is 12.1. The number of carbonyl (C=O) groups is 1. The van der Waals surface area contributed by atoms with Crippen molar-refractivity contribution in [3.05, 3.63) is 29.8 Å². The number of rotatable bonds is 5. The van der Waals surface area contributed by atoms with Crippen molar-refractivity contribution in [3.8, 4) is 0 Å². The second-order valence-corrected chi connectivity index (χ2v) is 5.50. The van der Waals surface area contributed by atoms with Crippen molar-refractivity contribution in [2.45, 2.75) is 32.7 Å². The number of anilines is 1. The Hall–Kier alpha value is -1.39. The van der Waals surface area contributed by atoms with Gasteiger partial charge < -0.3 is 10.6 Å². The third kappa shape index (κ3) is 4.32. The molecule has 0 bridgehead atoms. The molecule has 1 saturated heterocycles. The summed E-state index contributed by atoms with van der Waals surface area (Å²) in [6.07, 6.45) is 2.37. The Morgan fingerprint density at radius 2 is 2.20 bits per heavy atom. The van der Waals surface area contributed by atoms with Gasteiger partial charge in [0.25, 0.3) is 0 Å². The van der Waals surface area contributed by atoms with E-state index in [4.69, 9.17) is 0 Å². The molecule has 2 N–H and O–H groups in total. The molecule has 1 amide bonds. The molecule has 1 aromatic rings. The van der Waals surface area contributed by atoms with Crippen LogP contribution in [0.1, 0.15) is 25.3 Å². The predicted molar refractivity (Wildman–Crippen MR) is 82.9 cm³/mol. The third-order valence-corrected chi connectivity index (χ3v) is 3.78. The molecule has 4 nitrogen and oxygen atoms in total. The highest BCUT2D eigenvalue weighted by atomic mass is 16.2. The van der Waals surface area contributed by atoms with Gasteiger partial charge in [-0.2, -0.15) is 0 Å². The first-order chi connectivity index (χ1) is 9.69. The molecule has 0 spiro atoms. The van der Waals surface area contributed by atoms with Gasteiger partial charge in [-0.3, -0.25) is 9.69 Å². The van der Waals surface area contributed by atoms with Crippen molar-refractivity contribution < 1.29 is 4.79 Å². The minimum atomic E-state index is 0.0800. The molecule has 2 rings (SSSR count). The highest BCUT2D eigenvalue weighted by Crippen LogP contribution is 2.14. The summed E-state index contributed by atoms with van der Waals surface area (Å²) in [6, 6.07) is 8.42. The van der Waals surface area contributed by atoms with Crippen molar-refractivity contribution in [3.63, 3.8) is 0 Å². The van der Waals surface area contributed by atoms with E-state index in [1.54, 1.807) is 0 Å². The number of hydrogen-bond acceptors (Lipinski definition) is 3. The Labute approximate surface area is 121 Å². The SMILES string of the molecule is CCNC1CCCN(CC(=O)Nc2ccccc2C)C1. The van der Waals surface area contributed by atoms with Crippen LogP contribution in [0.25, 0.3) is 0 Å². The number of hydrogen-bond donors (Lipinski definition) is 2. The molecule has 1 fully saturated rings. The first kappa shape index (κ1) is 15.0. The number of carbonyl (C=O) groups excluding carboxylic acids is 1. The Bertz CT molecular complexity index is 445. The van der Waals surface area contributed by atoms with E-state index in [1.165, 1.54) is 6.42 Å². The summed E-state index contributed by atoms with van der Waals surface area (Å²) in [7, 11) is 0. The Kier molecular flexibility index (Phi) is 5.56. The van der Waals surface area contributed by atoms with Crippen LogP contribution in [-0.4, -0.2) is 43.0 Å². The molecule has 1 aliphatic heterocycles. The number of benzene rings is 1. The van der Waals surface area contributed by atoms with Crippen LogP contribution in [0, 0.1) is 6.92 Å². The van der Waals surface area contributed by atoms with E-state index in [0.717, 1.165) is 37.3 Å². The van der Waals surface area contributed by atoms with E-state index in [2.05, 4.69) is 22.5 Å². The van der Waals surface area contributed by atoms with Gasteiger partial charge in [-0.25, -0.2) is 0 Å². The average Bonchev–Trinajstić information content (AvgIpc) is 2.42. The Morgan fingerprint density at radius 1 is 1.40 bits per heavy atom. The van der Waals surface area contributed by atoms with Gasteiger partial charge in [0.1, 0.15) is 0 Å². The van der Waals surface area contributed by atoms with Gasteiger partial charge in [0.15, 0.2) is 0 Å². The number of piperidine rings is 1. The summed E-state index contributed by atoms with van der Waals surface area (Å²) in [5, 5.41) is 6.48. The molecule has 0 aromatic heterocycles. The molecule has 1 heterocycles. The van der Waals surface area contributed by atoms with Crippen LogP contribution < -0.4 is 10.6 Å². The van der Waals surface area contributed by atoms with Gasteiger partial charge in [0, 0.05) is 18.3 Å². The second kappa shape index (κ2) is 7.41. The standard InChI is InChI=1S/C16H25N3O/c1-3-17-14-8-6-10-19(11-14)12-16(20)18-15-9-5-4-7-13(15)2/h4-5,7,9,14,17H,3,6,8,10-12H2,1-2H3,(H,18,20). The van der Waals surface area contributed by atoms with Crippen molar-refractivity contribution in [2.75, 3.05) is 31.5 Å². The highest BCUT2D eigenvalue weighted by Gasteiger charge is 2.20. The molecule has 20 heavy (non-hydrogen) atoms. The number of amides is 1. The molecule has 1 aromatic carbocycles. The molecule has 0 radical (unpaired) electrons. The van der Waals surface area contributed by atoms with Crippen LogP contribution in [0.5, 0.6) is 0 Å². The van der Waals surface area contributed by atoms with Crippen LogP contribution in [-0.2, 0) is 4.79 Å². The number of nitrogens with one attached hydrogen (secondary N) is 2. The molecule has 1 unspecified atom stereocenters. The molecule has 0 aliphatic carbocycles. The number of para-hydroxylation sites is 1. The molecule has 0 saturated carbocycles. The van der Waals surface area contributed by atoms with Crippen molar-refractivity contribution >= 4 is 11.6 Å². The minimum Gasteiger partial charge on any atom is -0.325 e. The monoisotopic (exact) mass is 275 g/mol. The number of nitrogens with zero attached hydrogens (tertiary/aromatic N) is 1. The molecule has 110 valence electrons. The third-order valence-electron chi connectivity index (χ3n) is 3.78. The van der Waals surface area contributed by atoms with Crippen LogP contribution >= 0.6 is 0 Å². The quantitative estimate of drug-likeness (QED) is 0.864. The highest BCUT2D eigenvalue weighted by molar-refractivity contribution is 5.92. The van der Waals surface area contributed by atoms with Gasteiger partial charge in [0.2, 0.25) is 5.91 Å². The topological polar surface area (TPSA) is 44.4 Å². The van der Waals surface area contributed by atoms with E-state index in [9.17, 15) is 4.79 Å². The lowest BCUT2D eigenvalue weighted by molar-refractivity contribution is -0.117. The van der Waals surface area contributed by atoms with E-state index in [0.29, 0.717) is 12.6 Å². The predicted octanol–water partition coefficient (Wildman–Crippen LogP) is 2.01. The molecule has 1 aliphatic rings. The maximum Gasteiger partial charge on any atom is 0.238 e. The Balaban J connectivity index is 1.84. The lowest BCUT2D eigenvalue weighted by Crippen LogP contribution is -2.47. The smallest absolute Gasteiger partial charge is 0.238 e.